The summed E-state index contributed by atoms with van der Waals surface area (Å²) >= 11 is 0. The number of allylic oxidation sites excluding steroid dienone is 2. The molecule has 1 saturated carbocycles. The number of nitrogens with one attached hydrogen (secondary N) is 1. The molecule has 0 radical (unpaired) electrons. The third-order valence-electron chi connectivity index (χ3n) is 5.14. The van der Waals surface area contributed by atoms with Gasteiger partial charge in [-0.25, -0.2) is 4.39 Å². The fourth-order valence-electron chi connectivity index (χ4n) is 3.92. The molecule has 1 aromatic carbocycles. The molecule has 3 rings (SSSR count). The molecule has 1 nitrogen and oxygen atoms in total. The summed E-state index contributed by atoms with van der Waals surface area (Å²) in [5.41, 5.74) is 2.31. The predicted molar refractivity (Wildman–Crippen MR) is 81.1 cm³/mol. The van der Waals surface area contributed by atoms with Crippen LogP contribution >= 0.6 is 0 Å². The number of fused-ring (bicyclic) bond motifs is 2. The van der Waals surface area contributed by atoms with Crippen molar-refractivity contribution >= 4 is 0 Å². The van der Waals surface area contributed by atoms with E-state index in [-0.39, 0.29) is 5.82 Å². The first-order chi connectivity index (χ1) is 9.63. The lowest BCUT2D eigenvalue weighted by Gasteiger charge is -2.26. The summed E-state index contributed by atoms with van der Waals surface area (Å²) in [6, 6.07) is 5.68. The van der Waals surface area contributed by atoms with E-state index in [1.807, 2.05) is 13.0 Å². The van der Waals surface area contributed by atoms with Gasteiger partial charge in [-0.1, -0.05) is 18.2 Å². The second-order valence-electron chi connectivity index (χ2n) is 6.51. The Balaban J connectivity index is 1.49. The summed E-state index contributed by atoms with van der Waals surface area (Å²) in [5.74, 6) is 2.31. The molecule has 0 spiro atoms. The molecular formula is C18H24FN. The maximum absolute atomic E-state index is 13.1. The summed E-state index contributed by atoms with van der Waals surface area (Å²) in [4.78, 5) is 0. The van der Waals surface area contributed by atoms with Crippen LogP contribution in [-0.2, 0) is 6.42 Å². The second kappa shape index (κ2) is 5.69. The van der Waals surface area contributed by atoms with Crippen molar-refractivity contribution in [2.75, 3.05) is 6.54 Å². The Bertz CT molecular complexity index is 508. The van der Waals surface area contributed by atoms with Crippen LogP contribution in [0.15, 0.2) is 30.4 Å². The molecule has 2 aliphatic carbocycles. The van der Waals surface area contributed by atoms with Crippen LogP contribution < -0.4 is 5.32 Å². The van der Waals surface area contributed by atoms with E-state index in [4.69, 9.17) is 0 Å². The van der Waals surface area contributed by atoms with Crippen molar-refractivity contribution in [3.8, 4) is 0 Å². The van der Waals surface area contributed by atoms with E-state index in [0.717, 1.165) is 36.3 Å². The van der Waals surface area contributed by atoms with E-state index in [1.165, 1.54) is 18.4 Å². The molecule has 1 fully saturated rings. The van der Waals surface area contributed by atoms with E-state index in [9.17, 15) is 4.39 Å². The average molecular weight is 273 g/mol. The summed E-state index contributed by atoms with van der Waals surface area (Å²) in [6.07, 6.45) is 8.52. The van der Waals surface area contributed by atoms with Crippen LogP contribution in [0, 0.1) is 30.5 Å². The summed E-state index contributed by atoms with van der Waals surface area (Å²) in [7, 11) is 0. The molecule has 2 bridgehead atoms. The number of halogens is 1. The average Bonchev–Trinajstić information content (AvgIpc) is 3.03. The van der Waals surface area contributed by atoms with E-state index in [2.05, 4.69) is 24.4 Å². The molecule has 20 heavy (non-hydrogen) atoms. The standard InChI is InChI=1S/C18H24FN/c1-12-9-17(19)6-5-15(12)7-8-20-13(2)18-11-14-3-4-16(18)10-14/h3-6,9,13-14,16,18,20H,7-8,10-11H2,1-2H3. The van der Waals surface area contributed by atoms with Gasteiger partial charge in [0.1, 0.15) is 5.82 Å². The maximum Gasteiger partial charge on any atom is 0.123 e. The minimum atomic E-state index is -0.138. The van der Waals surface area contributed by atoms with Crippen molar-refractivity contribution in [1.29, 1.82) is 0 Å². The maximum atomic E-state index is 13.1. The van der Waals surface area contributed by atoms with Gasteiger partial charge in [0.15, 0.2) is 0 Å². The van der Waals surface area contributed by atoms with E-state index >= 15 is 0 Å². The molecule has 0 saturated heterocycles. The van der Waals surface area contributed by atoms with Gasteiger partial charge in [-0.3, -0.25) is 0 Å². The molecule has 0 aromatic heterocycles. The molecule has 0 aliphatic heterocycles. The van der Waals surface area contributed by atoms with Gasteiger partial charge in [0.2, 0.25) is 0 Å². The fraction of sp³-hybridized carbons (Fsp3) is 0.556. The minimum absolute atomic E-state index is 0.138. The SMILES string of the molecule is Cc1cc(F)ccc1CCNC(C)C1CC2C=CC1C2. The number of aryl methyl sites for hydroxylation is 1. The Morgan fingerprint density at radius 2 is 2.15 bits per heavy atom. The molecule has 4 atom stereocenters. The van der Waals surface area contributed by atoms with Crippen molar-refractivity contribution in [3.63, 3.8) is 0 Å². The quantitative estimate of drug-likeness (QED) is 0.803. The Labute approximate surface area is 121 Å². The van der Waals surface area contributed by atoms with Gasteiger partial charge in [-0.15, -0.1) is 0 Å². The Morgan fingerprint density at radius 1 is 1.30 bits per heavy atom. The van der Waals surface area contributed by atoms with Crippen molar-refractivity contribution in [2.24, 2.45) is 17.8 Å². The van der Waals surface area contributed by atoms with E-state index in [0.29, 0.717) is 6.04 Å². The van der Waals surface area contributed by atoms with Crippen LogP contribution in [0.25, 0.3) is 0 Å². The zero-order chi connectivity index (χ0) is 14.1. The monoisotopic (exact) mass is 273 g/mol. The first-order valence-corrected chi connectivity index (χ1v) is 7.80. The highest BCUT2D eigenvalue weighted by Gasteiger charge is 2.38. The van der Waals surface area contributed by atoms with Gasteiger partial charge in [-0.2, -0.15) is 0 Å². The van der Waals surface area contributed by atoms with Crippen molar-refractivity contribution < 1.29 is 4.39 Å². The highest BCUT2D eigenvalue weighted by molar-refractivity contribution is 5.26. The third-order valence-corrected chi connectivity index (χ3v) is 5.14. The number of hydrogen-bond donors (Lipinski definition) is 1. The summed E-state index contributed by atoms with van der Waals surface area (Å²) in [6.45, 7) is 5.28. The minimum Gasteiger partial charge on any atom is -0.314 e. The van der Waals surface area contributed by atoms with Gasteiger partial charge in [0, 0.05) is 6.04 Å². The smallest absolute Gasteiger partial charge is 0.123 e. The molecule has 108 valence electrons. The first kappa shape index (κ1) is 13.8. The lowest BCUT2D eigenvalue weighted by atomic mass is 9.87. The van der Waals surface area contributed by atoms with Crippen LogP contribution in [0.5, 0.6) is 0 Å². The van der Waals surface area contributed by atoms with E-state index < -0.39 is 0 Å². The van der Waals surface area contributed by atoms with Crippen molar-refractivity contribution in [3.05, 3.63) is 47.3 Å². The Kier molecular flexibility index (Phi) is 3.93. The van der Waals surface area contributed by atoms with E-state index in [1.54, 1.807) is 12.1 Å². The predicted octanol–water partition coefficient (Wildman–Crippen LogP) is 3.87. The normalized spacial score (nSPS) is 29.1. The zero-order valence-electron chi connectivity index (χ0n) is 12.4. The lowest BCUT2D eigenvalue weighted by Crippen LogP contribution is -2.36. The van der Waals surface area contributed by atoms with Crippen LogP contribution in [0.3, 0.4) is 0 Å². The third kappa shape index (κ3) is 2.80. The second-order valence-corrected chi connectivity index (χ2v) is 6.51. The summed E-state index contributed by atoms with van der Waals surface area (Å²) < 4.78 is 13.1. The highest BCUT2D eigenvalue weighted by atomic mass is 19.1. The first-order valence-electron chi connectivity index (χ1n) is 7.80. The van der Waals surface area contributed by atoms with Crippen LogP contribution in [0.1, 0.15) is 30.9 Å². The molecular weight excluding hydrogens is 249 g/mol. The number of benzene rings is 1. The Hall–Kier alpha value is -1.15. The van der Waals surface area contributed by atoms with Crippen molar-refractivity contribution in [1.82, 2.24) is 5.32 Å². The van der Waals surface area contributed by atoms with Crippen molar-refractivity contribution in [2.45, 2.75) is 39.2 Å². The Morgan fingerprint density at radius 3 is 2.80 bits per heavy atom. The largest absolute Gasteiger partial charge is 0.314 e. The molecule has 2 aliphatic rings. The van der Waals surface area contributed by atoms with Crippen LogP contribution in [0.4, 0.5) is 4.39 Å². The number of hydrogen-bond acceptors (Lipinski definition) is 1. The molecule has 1 N–H and O–H groups in total. The highest BCUT2D eigenvalue weighted by Crippen LogP contribution is 2.44. The number of rotatable bonds is 5. The molecule has 4 unspecified atom stereocenters. The lowest BCUT2D eigenvalue weighted by molar-refractivity contribution is 0.329. The molecule has 0 amide bonds. The molecule has 2 heteroatoms. The van der Waals surface area contributed by atoms with Gasteiger partial charge in [-0.05, 0) is 80.7 Å². The molecule has 0 heterocycles. The van der Waals surface area contributed by atoms with Crippen LogP contribution in [-0.4, -0.2) is 12.6 Å². The van der Waals surface area contributed by atoms with Gasteiger partial charge < -0.3 is 5.32 Å². The van der Waals surface area contributed by atoms with Gasteiger partial charge in [0.05, 0.1) is 0 Å². The zero-order valence-corrected chi connectivity index (χ0v) is 12.4. The van der Waals surface area contributed by atoms with Gasteiger partial charge >= 0.3 is 0 Å². The van der Waals surface area contributed by atoms with Gasteiger partial charge in [0.25, 0.3) is 0 Å². The van der Waals surface area contributed by atoms with Crippen LogP contribution in [0.2, 0.25) is 0 Å². The fourth-order valence-corrected chi connectivity index (χ4v) is 3.92. The topological polar surface area (TPSA) is 12.0 Å². The molecule has 1 aromatic rings. The summed E-state index contributed by atoms with van der Waals surface area (Å²) in [5, 5.41) is 3.67.